The highest BCUT2D eigenvalue weighted by molar-refractivity contribution is 6.30. The maximum absolute atomic E-state index is 11.1. The fraction of sp³-hybridized carbons (Fsp3) is 0.417. The Bertz CT molecular complexity index is 456. The first-order chi connectivity index (χ1) is 8.25. The second-order valence-electron chi connectivity index (χ2n) is 4.45. The first-order valence-electron chi connectivity index (χ1n) is 5.32. The molecule has 6 heteroatoms. The normalized spacial score (nSPS) is 12.9. The lowest BCUT2D eigenvalue weighted by Gasteiger charge is -2.26. The van der Waals surface area contributed by atoms with Gasteiger partial charge < -0.3 is 4.74 Å². The smallest absolute Gasteiger partial charge is 0.303 e. The van der Waals surface area contributed by atoms with Crippen LogP contribution in [0.25, 0.3) is 0 Å². The topological polar surface area (TPSA) is 69.4 Å². The molecule has 0 fully saturated rings. The zero-order valence-electron chi connectivity index (χ0n) is 10.3. The third kappa shape index (κ3) is 3.20. The van der Waals surface area contributed by atoms with E-state index in [0.717, 1.165) is 0 Å². The summed E-state index contributed by atoms with van der Waals surface area (Å²) in [6.07, 6.45) is -0.956. The standard InChI is InChI=1S/C12H14ClNO4/c1-8(15)18-11(12(2,3)14(16)17)9-4-6-10(13)7-5-9/h4-7,11H,1-3H3/t11-/m1/s1. The predicted octanol–water partition coefficient (Wildman–Crippen LogP) is 3.00. The number of nitro groups is 1. The van der Waals surface area contributed by atoms with Crippen molar-refractivity contribution in [2.45, 2.75) is 32.4 Å². The van der Waals surface area contributed by atoms with Crippen molar-refractivity contribution < 1.29 is 14.5 Å². The Morgan fingerprint density at radius 1 is 1.39 bits per heavy atom. The Kier molecular flexibility index (Phi) is 4.29. The molecule has 0 spiro atoms. The first kappa shape index (κ1) is 14.4. The molecule has 1 aromatic carbocycles. The number of benzene rings is 1. The fourth-order valence-corrected chi connectivity index (χ4v) is 1.65. The lowest BCUT2D eigenvalue weighted by Crippen LogP contribution is -2.40. The Morgan fingerprint density at radius 2 is 1.89 bits per heavy atom. The van der Waals surface area contributed by atoms with Crippen molar-refractivity contribution in [1.29, 1.82) is 0 Å². The summed E-state index contributed by atoms with van der Waals surface area (Å²) in [7, 11) is 0. The van der Waals surface area contributed by atoms with Crippen molar-refractivity contribution >= 4 is 17.6 Å². The molecule has 0 heterocycles. The Hall–Kier alpha value is -1.62. The SMILES string of the molecule is CC(=O)O[C@H](c1ccc(Cl)cc1)C(C)(C)[N+](=O)[O-]. The monoisotopic (exact) mass is 271 g/mol. The molecule has 18 heavy (non-hydrogen) atoms. The highest BCUT2D eigenvalue weighted by Gasteiger charge is 2.44. The fourth-order valence-electron chi connectivity index (χ4n) is 1.52. The van der Waals surface area contributed by atoms with Crippen LogP contribution in [0.3, 0.4) is 0 Å². The van der Waals surface area contributed by atoms with Crippen molar-refractivity contribution in [3.63, 3.8) is 0 Å². The van der Waals surface area contributed by atoms with Crippen molar-refractivity contribution in [3.8, 4) is 0 Å². The molecule has 0 N–H and O–H groups in total. The van der Waals surface area contributed by atoms with E-state index < -0.39 is 22.5 Å². The predicted molar refractivity (Wildman–Crippen MR) is 67.0 cm³/mol. The van der Waals surface area contributed by atoms with Gasteiger partial charge in [0.15, 0.2) is 6.10 Å². The van der Waals surface area contributed by atoms with Gasteiger partial charge in [-0.2, -0.15) is 0 Å². The third-order valence-electron chi connectivity index (χ3n) is 2.57. The van der Waals surface area contributed by atoms with Crippen LogP contribution in [-0.4, -0.2) is 16.4 Å². The van der Waals surface area contributed by atoms with Crippen LogP contribution in [0.5, 0.6) is 0 Å². The van der Waals surface area contributed by atoms with E-state index in [-0.39, 0.29) is 0 Å². The van der Waals surface area contributed by atoms with Crippen molar-refractivity contribution in [3.05, 3.63) is 45.0 Å². The minimum absolute atomic E-state index is 0.463. The van der Waals surface area contributed by atoms with Crippen LogP contribution in [0.1, 0.15) is 32.4 Å². The number of halogens is 1. The van der Waals surface area contributed by atoms with Crippen LogP contribution in [-0.2, 0) is 9.53 Å². The van der Waals surface area contributed by atoms with Crippen molar-refractivity contribution in [1.82, 2.24) is 0 Å². The number of rotatable bonds is 4. The summed E-state index contributed by atoms with van der Waals surface area (Å²) < 4.78 is 5.08. The molecule has 0 saturated carbocycles. The molecule has 0 aliphatic heterocycles. The van der Waals surface area contributed by atoms with Gasteiger partial charge in [-0.25, -0.2) is 0 Å². The van der Waals surface area contributed by atoms with E-state index in [4.69, 9.17) is 16.3 Å². The molecule has 0 unspecified atom stereocenters. The maximum atomic E-state index is 11.1. The van der Waals surface area contributed by atoms with Crippen LogP contribution in [0.2, 0.25) is 5.02 Å². The molecule has 5 nitrogen and oxygen atoms in total. The molecule has 0 aliphatic rings. The van der Waals surface area contributed by atoms with Gasteiger partial charge in [0.05, 0.1) is 0 Å². The summed E-state index contributed by atoms with van der Waals surface area (Å²) in [4.78, 5) is 21.7. The zero-order chi connectivity index (χ0) is 13.9. The van der Waals surface area contributed by atoms with E-state index >= 15 is 0 Å². The van der Waals surface area contributed by atoms with E-state index in [1.165, 1.54) is 20.8 Å². The average Bonchev–Trinajstić information content (AvgIpc) is 2.26. The molecule has 1 atom stereocenters. The minimum atomic E-state index is -1.42. The van der Waals surface area contributed by atoms with Gasteiger partial charge >= 0.3 is 5.97 Å². The molecule has 0 aromatic heterocycles. The van der Waals surface area contributed by atoms with E-state index in [1.807, 2.05) is 0 Å². The molecular weight excluding hydrogens is 258 g/mol. The van der Waals surface area contributed by atoms with Crippen molar-refractivity contribution in [2.75, 3.05) is 0 Å². The zero-order valence-corrected chi connectivity index (χ0v) is 11.1. The van der Waals surface area contributed by atoms with Crippen LogP contribution < -0.4 is 0 Å². The van der Waals surface area contributed by atoms with Crippen LogP contribution in [0.4, 0.5) is 0 Å². The second kappa shape index (κ2) is 5.35. The van der Waals surface area contributed by atoms with Gasteiger partial charge in [-0.1, -0.05) is 23.7 Å². The minimum Gasteiger partial charge on any atom is -0.450 e. The lowest BCUT2D eigenvalue weighted by molar-refractivity contribution is -0.574. The Labute approximate surface area is 110 Å². The highest BCUT2D eigenvalue weighted by atomic mass is 35.5. The van der Waals surface area contributed by atoms with E-state index in [1.54, 1.807) is 24.3 Å². The molecule has 0 saturated heterocycles. The summed E-state index contributed by atoms with van der Waals surface area (Å²) in [6.45, 7) is 4.05. The van der Waals surface area contributed by atoms with Gasteiger partial charge in [-0.05, 0) is 17.7 Å². The maximum Gasteiger partial charge on any atom is 0.303 e. The van der Waals surface area contributed by atoms with Gasteiger partial charge in [0.1, 0.15) is 0 Å². The quantitative estimate of drug-likeness (QED) is 0.479. The highest BCUT2D eigenvalue weighted by Crippen LogP contribution is 2.32. The van der Waals surface area contributed by atoms with Gasteiger partial charge in [0, 0.05) is 30.7 Å². The van der Waals surface area contributed by atoms with Crippen LogP contribution >= 0.6 is 11.6 Å². The van der Waals surface area contributed by atoms with Crippen molar-refractivity contribution in [2.24, 2.45) is 0 Å². The number of hydrogen-bond acceptors (Lipinski definition) is 4. The third-order valence-corrected chi connectivity index (χ3v) is 2.82. The van der Waals surface area contributed by atoms with Crippen LogP contribution in [0, 0.1) is 10.1 Å². The largest absolute Gasteiger partial charge is 0.450 e. The summed E-state index contributed by atoms with van der Waals surface area (Å²) in [5, 5.41) is 11.6. The number of ether oxygens (including phenoxy) is 1. The average molecular weight is 272 g/mol. The molecule has 98 valence electrons. The Morgan fingerprint density at radius 3 is 2.28 bits per heavy atom. The number of hydrogen-bond donors (Lipinski definition) is 0. The molecule has 0 bridgehead atoms. The molecule has 0 amide bonds. The summed E-state index contributed by atoms with van der Waals surface area (Å²) in [5.74, 6) is -0.565. The summed E-state index contributed by atoms with van der Waals surface area (Å²) in [5.41, 5.74) is -0.879. The first-order valence-corrected chi connectivity index (χ1v) is 5.70. The summed E-state index contributed by atoms with van der Waals surface area (Å²) >= 11 is 5.76. The molecule has 0 radical (unpaired) electrons. The number of carbonyl (C=O) groups excluding carboxylic acids is 1. The van der Waals surface area contributed by atoms with Crippen LogP contribution in [0.15, 0.2) is 24.3 Å². The van der Waals surface area contributed by atoms with E-state index in [9.17, 15) is 14.9 Å². The number of carbonyl (C=O) groups is 1. The van der Waals surface area contributed by atoms with Gasteiger partial charge in [0.25, 0.3) is 5.54 Å². The molecule has 1 aromatic rings. The van der Waals surface area contributed by atoms with E-state index in [0.29, 0.717) is 10.6 Å². The van der Waals surface area contributed by atoms with Gasteiger partial charge in [-0.3, -0.25) is 14.9 Å². The number of esters is 1. The van der Waals surface area contributed by atoms with Gasteiger partial charge in [0.2, 0.25) is 0 Å². The summed E-state index contributed by atoms with van der Waals surface area (Å²) in [6, 6.07) is 6.43. The lowest BCUT2D eigenvalue weighted by atomic mass is 9.92. The molecule has 1 rings (SSSR count). The number of nitrogens with zero attached hydrogens (tertiary/aromatic N) is 1. The molecular formula is C12H14ClNO4. The van der Waals surface area contributed by atoms with E-state index in [2.05, 4.69) is 0 Å². The second-order valence-corrected chi connectivity index (χ2v) is 4.89. The molecule has 0 aliphatic carbocycles. The Balaban J connectivity index is 3.17. The van der Waals surface area contributed by atoms with Gasteiger partial charge in [-0.15, -0.1) is 0 Å².